The van der Waals surface area contributed by atoms with E-state index in [-0.39, 0.29) is 29.3 Å². The highest BCUT2D eigenvalue weighted by atomic mass is 19.1. The van der Waals surface area contributed by atoms with Crippen LogP contribution in [0, 0.1) is 11.7 Å². The fraction of sp³-hybridized carbons (Fsp3) is 0.350. The number of halogens is 1. The van der Waals surface area contributed by atoms with Crippen LogP contribution in [-0.2, 0) is 7.05 Å². The Morgan fingerprint density at radius 3 is 2.72 bits per heavy atom. The zero-order valence-corrected chi connectivity index (χ0v) is 16.3. The van der Waals surface area contributed by atoms with Crippen molar-refractivity contribution in [3.05, 3.63) is 41.8 Å². The standard InChI is InChI=1S/C20H24FN7O/c1-10(22)17(11-3-4-11)26-20-15(21)8-14(18(23)29)19(27-20)25-13-6-5-12-9-24-28(2)16(12)7-13/h5-11,17H,3-4,22H2,1-2H3,(H2,23,29)(H2,25,26,27)/t10-,17-/m0/s1. The minimum absolute atomic E-state index is 0.0260. The van der Waals surface area contributed by atoms with Gasteiger partial charge in [0, 0.05) is 30.2 Å². The molecule has 3 aromatic rings. The molecule has 0 aliphatic heterocycles. The van der Waals surface area contributed by atoms with Gasteiger partial charge in [0.25, 0.3) is 5.91 Å². The van der Waals surface area contributed by atoms with E-state index in [1.807, 2.05) is 32.2 Å². The molecule has 1 aliphatic rings. The van der Waals surface area contributed by atoms with E-state index in [9.17, 15) is 9.18 Å². The Balaban J connectivity index is 1.69. The molecule has 0 saturated heterocycles. The number of pyridine rings is 1. The first-order valence-electron chi connectivity index (χ1n) is 9.54. The number of primary amides is 1. The van der Waals surface area contributed by atoms with Gasteiger partial charge in [-0.1, -0.05) is 0 Å². The Bertz CT molecular complexity index is 1070. The number of anilines is 3. The summed E-state index contributed by atoms with van der Waals surface area (Å²) in [5.74, 6) is -0.776. The van der Waals surface area contributed by atoms with Crippen molar-refractivity contribution >= 4 is 34.1 Å². The second kappa shape index (κ2) is 7.32. The normalized spacial score (nSPS) is 15.9. The summed E-state index contributed by atoms with van der Waals surface area (Å²) in [7, 11) is 1.84. The molecule has 0 unspecified atom stereocenters. The van der Waals surface area contributed by atoms with E-state index in [0.29, 0.717) is 11.6 Å². The van der Waals surface area contributed by atoms with Crippen LogP contribution in [0.1, 0.15) is 30.1 Å². The number of carbonyl (C=O) groups is 1. The van der Waals surface area contributed by atoms with E-state index >= 15 is 0 Å². The van der Waals surface area contributed by atoms with Crippen LogP contribution >= 0.6 is 0 Å². The van der Waals surface area contributed by atoms with Crippen LogP contribution in [-0.4, -0.2) is 32.8 Å². The molecule has 1 aliphatic carbocycles. The molecule has 152 valence electrons. The predicted molar refractivity (Wildman–Crippen MR) is 110 cm³/mol. The molecule has 2 aromatic heterocycles. The molecule has 1 fully saturated rings. The first-order chi connectivity index (χ1) is 13.8. The maximum absolute atomic E-state index is 14.6. The van der Waals surface area contributed by atoms with Crippen molar-refractivity contribution in [1.29, 1.82) is 0 Å². The number of nitrogens with one attached hydrogen (secondary N) is 2. The van der Waals surface area contributed by atoms with Gasteiger partial charge in [0.05, 0.1) is 17.3 Å². The van der Waals surface area contributed by atoms with Gasteiger partial charge in [0.2, 0.25) is 0 Å². The van der Waals surface area contributed by atoms with Crippen LogP contribution in [0.5, 0.6) is 0 Å². The average Bonchev–Trinajstić information content (AvgIpc) is 3.44. The fourth-order valence-corrected chi connectivity index (χ4v) is 3.52. The zero-order valence-electron chi connectivity index (χ0n) is 16.3. The molecule has 0 spiro atoms. The third-order valence-corrected chi connectivity index (χ3v) is 5.25. The highest BCUT2D eigenvalue weighted by molar-refractivity contribution is 5.99. The molecule has 0 bridgehead atoms. The lowest BCUT2D eigenvalue weighted by molar-refractivity contribution is 0.100. The van der Waals surface area contributed by atoms with Crippen LogP contribution in [0.25, 0.3) is 10.9 Å². The quantitative estimate of drug-likeness (QED) is 0.486. The second-order valence-electron chi connectivity index (χ2n) is 7.61. The minimum atomic E-state index is -0.766. The number of benzene rings is 1. The number of fused-ring (bicyclic) bond motifs is 1. The lowest BCUT2D eigenvalue weighted by Crippen LogP contribution is -2.40. The third-order valence-electron chi connectivity index (χ3n) is 5.25. The van der Waals surface area contributed by atoms with Crippen LogP contribution in [0.4, 0.5) is 21.7 Å². The summed E-state index contributed by atoms with van der Waals surface area (Å²) in [5, 5.41) is 11.4. The Morgan fingerprint density at radius 2 is 2.07 bits per heavy atom. The summed E-state index contributed by atoms with van der Waals surface area (Å²) < 4.78 is 16.4. The van der Waals surface area contributed by atoms with Crippen molar-refractivity contribution < 1.29 is 9.18 Å². The Kier molecular flexibility index (Phi) is 4.83. The van der Waals surface area contributed by atoms with Crippen molar-refractivity contribution in [3.8, 4) is 0 Å². The number of hydrogen-bond acceptors (Lipinski definition) is 6. The van der Waals surface area contributed by atoms with E-state index < -0.39 is 11.7 Å². The van der Waals surface area contributed by atoms with Gasteiger partial charge in [0.1, 0.15) is 5.82 Å². The summed E-state index contributed by atoms with van der Waals surface area (Å²) in [4.78, 5) is 16.2. The van der Waals surface area contributed by atoms with Crippen molar-refractivity contribution in [1.82, 2.24) is 14.8 Å². The van der Waals surface area contributed by atoms with Gasteiger partial charge in [-0.05, 0) is 49.9 Å². The molecule has 2 atom stereocenters. The summed E-state index contributed by atoms with van der Waals surface area (Å²) >= 11 is 0. The van der Waals surface area contributed by atoms with Crippen LogP contribution in [0.2, 0.25) is 0 Å². The van der Waals surface area contributed by atoms with Crippen molar-refractivity contribution in [2.45, 2.75) is 31.8 Å². The summed E-state index contributed by atoms with van der Waals surface area (Å²) in [6, 6.07) is 6.46. The summed E-state index contributed by atoms with van der Waals surface area (Å²) in [5.41, 5.74) is 13.1. The van der Waals surface area contributed by atoms with Crippen molar-refractivity contribution in [2.24, 2.45) is 24.4 Å². The maximum atomic E-state index is 14.6. The lowest BCUT2D eigenvalue weighted by atomic mass is 10.1. The minimum Gasteiger partial charge on any atom is -0.365 e. The maximum Gasteiger partial charge on any atom is 0.252 e. The van der Waals surface area contributed by atoms with Gasteiger partial charge in [-0.2, -0.15) is 5.10 Å². The number of aromatic nitrogens is 3. The van der Waals surface area contributed by atoms with Crippen LogP contribution in [0.15, 0.2) is 30.5 Å². The van der Waals surface area contributed by atoms with E-state index in [2.05, 4.69) is 20.7 Å². The molecule has 1 amide bonds. The molecule has 1 aromatic carbocycles. The van der Waals surface area contributed by atoms with E-state index in [1.54, 1.807) is 10.9 Å². The zero-order chi connectivity index (χ0) is 20.7. The van der Waals surface area contributed by atoms with Crippen molar-refractivity contribution in [3.63, 3.8) is 0 Å². The molecule has 29 heavy (non-hydrogen) atoms. The molecule has 9 heteroatoms. The lowest BCUT2D eigenvalue weighted by Gasteiger charge is -2.23. The number of nitrogens with zero attached hydrogens (tertiary/aromatic N) is 3. The van der Waals surface area contributed by atoms with Gasteiger partial charge in [-0.25, -0.2) is 9.37 Å². The van der Waals surface area contributed by atoms with Gasteiger partial charge < -0.3 is 22.1 Å². The second-order valence-corrected chi connectivity index (χ2v) is 7.61. The molecular weight excluding hydrogens is 373 g/mol. The first-order valence-corrected chi connectivity index (χ1v) is 9.54. The number of amides is 1. The highest BCUT2D eigenvalue weighted by Crippen LogP contribution is 2.36. The number of carbonyl (C=O) groups excluding carboxylic acids is 1. The third kappa shape index (κ3) is 3.86. The molecule has 4 rings (SSSR count). The number of rotatable bonds is 7. The number of hydrogen-bond donors (Lipinski definition) is 4. The smallest absolute Gasteiger partial charge is 0.252 e. The van der Waals surface area contributed by atoms with Gasteiger partial charge in [-0.15, -0.1) is 0 Å². The average molecular weight is 397 g/mol. The molecule has 0 radical (unpaired) electrons. The molecule has 2 heterocycles. The fourth-order valence-electron chi connectivity index (χ4n) is 3.52. The molecule has 1 saturated carbocycles. The van der Waals surface area contributed by atoms with Crippen molar-refractivity contribution in [2.75, 3.05) is 10.6 Å². The summed E-state index contributed by atoms with van der Waals surface area (Å²) in [6.45, 7) is 1.88. The number of nitrogens with two attached hydrogens (primary N) is 2. The Morgan fingerprint density at radius 1 is 1.31 bits per heavy atom. The number of aryl methyl sites for hydroxylation is 1. The SMILES string of the molecule is C[C@H](N)[C@H](Nc1nc(Nc2ccc3cnn(C)c3c2)c(C(N)=O)cc1F)C1CC1. The first kappa shape index (κ1) is 19.1. The van der Waals surface area contributed by atoms with Crippen LogP contribution < -0.4 is 22.1 Å². The largest absolute Gasteiger partial charge is 0.365 e. The van der Waals surface area contributed by atoms with E-state index in [1.165, 1.54) is 0 Å². The van der Waals surface area contributed by atoms with E-state index in [4.69, 9.17) is 11.5 Å². The summed E-state index contributed by atoms with van der Waals surface area (Å²) in [6.07, 6.45) is 3.87. The monoisotopic (exact) mass is 397 g/mol. The van der Waals surface area contributed by atoms with Gasteiger partial charge >= 0.3 is 0 Å². The Hall–Kier alpha value is -3.20. The molecule has 8 nitrogen and oxygen atoms in total. The van der Waals surface area contributed by atoms with Gasteiger partial charge in [-0.3, -0.25) is 9.48 Å². The van der Waals surface area contributed by atoms with Crippen LogP contribution in [0.3, 0.4) is 0 Å². The highest BCUT2D eigenvalue weighted by Gasteiger charge is 2.34. The van der Waals surface area contributed by atoms with Gasteiger partial charge in [0.15, 0.2) is 11.6 Å². The van der Waals surface area contributed by atoms with E-state index in [0.717, 1.165) is 29.8 Å². The topological polar surface area (TPSA) is 124 Å². The predicted octanol–water partition coefficient (Wildman–Crippen LogP) is 2.49. The Labute approximate surface area is 167 Å². The molecular formula is C20H24FN7O. The molecule has 6 N–H and O–H groups in total.